The molecule has 1 aliphatic rings. The number of carbonyl (C=O) groups is 2. The number of likely N-dealkylation sites (N-methyl/N-ethyl adjacent to an activating group) is 1. The highest BCUT2D eigenvalue weighted by Crippen LogP contribution is 2.08. The highest BCUT2D eigenvalue weighted by Gasteiger charge is 2.32. The van der Waals surface area contributed by atoms with Crippen molar-refractivity contribution in [1.29, 1.82) is 0 Å². The first-order chi connectivity index (χ1) is 5.04. The van der Waals surface area contributed by atoms with Crippen molar-refractivity contribution in [2.24, 2.45) is 11.0 Å². The fourth-order valence-corrected chi connectivity index (χ4v) is 0.887. The third-order valence-corrected chi connectivity index (χ3v) is 1.53. The van der Waals surface area contributed by atoms with Crippen LogP contribution >= 0.6 is 0 Å². The lowest BCUT2D eigenvalue weighted by Crippen LogP contribution is -2.26. The van der Waals surface area contributed by atoms with Gasteiger partial charge in [-0.1, -0.05) is 13.8 Å². The Morgan fingerprint density at radius 2 is 1.91 bits per heavy atom. The van der Waals surface area contributed by atoms with Crippen LogP contribution in [0.1, 0.15) is 13.8 Å². The smallest absolute Gasteiger partial charge is 0.282 e. The average Bonchev–Trinajstić information content (AvgIpc) is 2.17. The van der Waals surface area contributed by atoms with Crippen molar-refractivity contribution >= 4 is 17.4 Å². The molecule has 0 spiro atoms. The van der Waals surface area contributed by atoms with E-state index in [4.69, 9.17) is 0 Å². The summed E-state index contributed by atoms with van der Waals surface area (Å²) < 4.78 is 0. The molecule has 11 heavy (non-hydrogen) atoms. The van der Waals surface area contributed by atoms with Crippen molar-refractivity contribution in [3.63, 3.8) is 0 Å². The first-order valence-corrected chi connectivity index (χ1v) is 3.45. The molecule has 0 saturated carbocycles. The molecule has 1 aliphatic heterocycles. The maximum absolute atomic E-state index is 11.0. The minimum atomic E-state index is -0.534. The molecule has 4 nitrogen and oxygen atoms in total. The van der Waals surface area contributed by atoms with Crippen LogP contribution in [-0.4, -0.2) is 29.5 Å². The monoisotopic (exact) mass is 154 g/mol. The van der Waals surface area contributed by atoms with Crippen LogP contribution in [-0.2, 0) is 9.59 Å². The van der Waals surface area contributed by atoms with E-state index < -0.39 is 11.7 Å². The predicted molar refractivity (Wildman–Crippen MR) is 40.1 cm³/mol. The Hall–Kier alpha value is -1.19. The summed E-state index contributed by atoms with van der Waals surface area (Å²) in [4.78, 5) is 21.9. The number of nitrogens with zero attached hydrogens (tertiary/aromatic N) is 2. The van der Waals surface area contributed by atoms with Crippen LogP contribution in [0.15, 0.2) is 5.10 Å². The first kappa shape index (κ1) is 7.91. The molecule has 1 rings (SSSR count). The minimum Gasteiger partial charge on any atom is -0.282 e. The molecule has 4 heteroatoms. The van der Waals surface area contributed by atoms with Crippen molar-refractivity contribution in [2.75, 3.05) is 7.05 Å². The molecular formula is C7H10N2O2. The van der Waals surface area contributed by atoms with Crippen molar-refractivity contribution in [2.45, 2.75) is 13.8 Å². The summed E-state index contributed by atoms with van der Waals surface area (Å²) in [5.41, 5.74) is 0.359. The van der Waals surface area contributed by atoms with Gasteiger partial charge < -0.3 is 0 Å². The van der Waals surface area contributed by atoms with Gasteiger partial charge in [0.2, 0.25) is 0 Å². The molecule has 0 unspecified atom stereocenters. The largest absolute Gasteiger partial charge is 0.316 e. The van der Waals surface area contributed by atoms with Crippen LogP contribution in [0.4, 0.5) is 0 Å². The van der Waals surface area contributed by atoms with Gasteiger partial charge in [0.25, 0.3) is 5.78 Å². The van der Waals surface area contributed by atoms with Crippen molar-refractivity contribution in [3.05, 3.63) is 0 Å². The van der Waals surface area contributed by atoms with E-state index in [1.807, 2.05) is 13.8 Å². The van der Waals surface area contributed by atoms with E-state index in [0.29, 0.717) is 5.71 Å². The van der Waals surface area contributed by atoms with E-state index in [1.54, 1.807) is 0 Å². The Labute approximate surface area is 64.9 Å². The molecule has 0 aromatic rings. The molecule has 60 valence electrons. The number of amides is 1. The molecule has 1 amide bonds. The van der Waals surface area contributed by atoms with Crippen LogP contribution in [0.25, 0.3) is 0 Å². The van der Waals surface area contributed by atoms with Crippen LogP contribution in [0.3, 0.4) is 0 Å². The number of hydrogen-bond acceptors (Lipinski definition) is 3. The number of hydrazone groups is 1. The lowest BCUT2D eigenvalue weighted by molar-refractivity contribution is -0.138. The fourth-order valence-electron chi connectivity index (χ4n) is 0.887. The Balaban J connectivity index is 2.93. The van der Waals surface area contributed by atoms with Gasteiger partial charge in [0.15, 0.2) is 0 Å². The quantitative estimate of drug-likeness (QED) is 0.501. The Kier molecular flexibility index (Phi) is 1.76. The third kappa shape index (κ3) is 1.15. The zero-order chi connectivity index (χ0) is 8.59. The first-order valence-electron chi connectivity index (χ1n) is 3.45. The molecule has 0 radical (unpaired) electrons. The number of ketones is 1. The van der Waals surface area contributed by atoms with E-state index in [2.05, 4.69) is 5.10 Å². The van der Waals surface area contributed by atoms with Gasteiger partial charge in [-0.3, -0.25) is 9.59 Å². The molecule has 0 saturated heterocycles. The maximum atomic E-state index is 11.0. The lowest BCUT2D eigenvalue weighted by Gasteiger charge is -1.98. The number of carbonyl (C=O) groups excluding carboxylic acids is 2. The van der Waals surface area contributed by atoms with Gasteiger partial charge in [-0.2, -0.15) is 5.10 Å². The molecule has 0 fully saturated rings. The molecule has 1 heterocycles. The Morgan fingerprint density at radius 3 is 2.09 bits per heavy atom. The SMILES string of the molecule is CC(C)C1=NN(C)C(=O)C1=O. The Morgan fingerprint density at radius 1 is 1.36 bits per heavy atom. The average molecular weight is 154 g/mol. The summed E-state index contributed by atoms with van der Waals surface area (Å²) in [7, 11) is 1.48. The topological polar surface area (TPSA) is 49.7 Å². The summed E-state index contributed by atoms with van der Waals surface area (Å²) in [5, 5.41) is 4.88. The highest BCUT2D eigenvalue weighted by atomic mass is 16.2. The second-order valence-corrected chi connectivity index (χ2v) is 2.80. The molecule has 0 aromatic heterocycles. The summed E-state index contributed by atoms with van der Waals surface area (Å²) in [6.07, 6.45) is 0. The zero-order valence-electron chi connectivity index (χ0n) is 6.79. The fraction of sp³-hybridized carbons (Fsp3) is 0.571. The van der Waals surface area contributed by atoms with Gasteiger partial charge in [-0.05, 0) is 0 Å². The van der Waals surface area contributed by atoms with E-state index in [1.165, 1.54) is 7.05 Å². The van der Waals surface area contributed by atoms with Crippen LogP contribution in [0.5, 0.6) is 0 Å². The minimum absolute atomic E-state index is 0.0244. The molecule has 0 N–H and O–H groups in total. The second-order valence-electron chi connectivity index (χ2n) is 2.80. The number of rotatable bonds is 1. The Bertz CT molecular complexity index is 243. The summed E-state index contributed by atoms with van der Waals surface area (Å²) in [5.74, 6) is -0.979. The van der Waals surface area contributed by atoms with Gasteiger partial charge in [0, 0.05) is 13.0 Å². The van der Waals surface area contributed by atoms with Crippen molar-refractivity contribution in [1.82, 2.24) is 5.01 Å². The van der Waals surface area contributed by atoms with Gasteiger partial charge in [0.05, 0.1) is 0 Å². The highest BCUT2D eigenvalue weighted by molar-refractivity contribution is 6.66. The number of Topliss-reactive ketones (excluding diaryl/α,β-unsaturated/α-hetero) is 1. The van der Waals surface area contributed by atoms with Crippen LogP contribution in [0.2, 0.25) is 0 Å². The zero-order valence-corrected chi connectivity index (χ0v) is 6.79. The predicted octanol–water partition coefficient (Wildman–Crippen LogP) is 0.0395. The van der Waals surface area contributed by atoms with E-state index >= 15 is 0 Å². The molecular weight excluding hydrogens is 144 g/mol. The lowest BCUT2D eigenvalue weighted by atomic mass is 10.1. The van der Waals surface area contributed by atoms with Crippen molar-refractivity contribution < 1.29 is 9.59 Å². The van der Waals surface area contributed by atoms with E-state index in [9.17, 15) is 9.59 Å². The third-order valence-electron chi connectivity index (χ3n) is 1.53. The summed E-state index contributed by atoms with van der Waals surface area (Å²) >= 11 is 0. The molecule has 0 bridgehead atoms. The van der Waals surface area contributed by atoms with Gasteiger partial charge in [-0.25, -0.2) is 5.01 Å². The van der Waals surface area contributed by atoms with Gasteiger partial charge >= 0.3 is 5.91 Å². The molecule has 0 aromatic carbocycles. The van der Waals surface area contributed by atoms with Crippen LogP contribution < -0.4 is 0 Å². The number of hydrogen-bond donors (Lipinski definition) is 0. The second kappa shape index (κ2) is 2.45. The molecule has 0 aliphatic carbocycles. The summed E-state index contributed by atoms with van der Waals surface area (Å²) in [6.45, 7) is 3.67. The standard InChI is InChI=1S/C7H10N2O2/c1-4(2)5-6(10)7(11)9(3)8-5/h4H,1-3H3. The van der Waals surface area contributed by atoms with E-state index in [-0.39, 0.29) is 5.92 Å². The van der Waals surface area contributed by atoms with E-state index in [0.717, 1.165) is 5.01 Å². The van der Waals surface area contributed by atoms with Crippen LogP contribution in [0, 0.1) is 5.92 Å². The van der Waals surface area contributed by atoms with Crippen molar-refractivity contribution in [3.8, 4) is 0 Å². The maximum Gasteiger partial charge on any atom is 0.316 e. The molecule has 0 atom stereocenters. The van der Waals surface area contributed by atoms with Gasteiger partial charge in [-0.15, -0.1) is 0 Å². The normalized spacial score (nSPS) is 18.2. The summed E-state index contributed by atoms with van der Waals surface area (Å²) in [6, 6.07) is 0. The van der Waals surface area contributed by atoms with Gasteiger partial charge in [0.1, 0.15) is 5.71 Å².